The molecule has 4 aromatic heterocycles. The van der Waals surface area contributed by atoms with E-state index in [4.69, 9.17) is 4.52 Å². The van der Waals surface area contributed by atoms with Crippen molar-refractivity contribution in [1.82, 2.24) is 24.7 Å². The summed E-state index contributed by atoms with van der Waals surface area (Å²) in [4.78, 5) is 11.5. The maximum Gasteiger partial charge on any atom is 0.403 e. The van der Waals surface area contributed by atoms with Crippen molar-refractivity contribution in [2.45, 2.75) is 49.1 Å². The highest BCUT2D eigenvalue weighted by Gasteiger charge is 2.68. The van der Waals surface area contributed by atoms with Crippen LogP contribution in [0.1, 0.15) is 38.1 Å². The van der Waals surface area contributed by atoms with Crippen molar-refractivity contribution in [2.24, 2.45) is 7.05 Å². The Morgan fingerprint density at radius 1 is 1.16 bits per heavy atom. The molecule has 5 rings (SSSR count). The molecule has 1 fully saturated rings. The maximum atomic E-state index is 13.8. The van der Waals surface area contributed by atoms with Crippen LogP contribution in [-0.2, 0) is 28.2 Å². The predicted octanol–water partition coefficient (Wildman–Crippen LogP) is 3.82. The van der Waals surface area contributed by atoms with Crippen LogP contribution in [0.15, 0.2) is 33.9 Å². The lowest BCUT2D eigenvalue weighted by Gasteiger charge is -2.13. The van der Waals surface area contributed by atoms with Crippen molar-refractivity contribution >= 4 is 21.0 Å². The highest BCUT2D eigenvalue weighted by molar-refractivity contribution is 7.91. The molecule has 1 aliphatic carbocycles. The predicted molar refractivity (Wildman–Crippen MR) is 120 cm³/mol. The number of nitrogens with zero attached hydrogens (tertiary/aromatic N) is 6. The van der Waals surface area contributed by atoms with Gasteiger partial charge in [-0.05, 0) is 18.9 Å². The van der Waals surface area contributed by atoms with E-state index < -0.39 is 49.5 Å². The molecule has 0 amide bonds. The molecule has 0 unspecified atom stereocenters. The summed E-state index contributed by atoms with van der Waals surface area (Å²) in [6.07, 6.45) is -3.03. The van der Waals surface area contributed by atoms with Crippen LogP contribution in [0.3, 0.4) is 0 Å². The molecule has 0 spiro atoms. The molecule has 16 heteroatoms. The van der Waals surface area contributed by atoms with Crippen molar-refractivity contribution in [3.05, 3.63) is 41.2 Å². The number of alkyl halides is 5. The van der Waals surface area contributed by atoms with Crippen LogP contribution in [0.4, 0.5) is 22.0 Å². The van der Waals surface area contributed by atoms with Gasteiger partial charge in [0, 0.05) is 36.5 Å². The fourth-order valence-corrected chi connectivity index (χ4v) is 5.16. The van der Waals surface area contributed by atoms with E-state index in [0.29, 0.717) is 6.92 Å². The lowest BCUT2D eigenvalue weighted by Crippen LogP contribution is -2.29. The topological polar surface area (TPSA) is 131 Å². The Morgan fingerprint density at radius 2 is 1.84 bits per heavy atom. The first-order chi connectivity index (χ1) is 17.6. The number of aromatic nitrogens is 6. The molecule has 0 aromatic carbocycles. The number of imidazole rings is 1. The molecule has 0 atom stereocenters. The Hall–Kier alpha value is -3.69. The van der Waals surface area contributed by atoms with Gasteiger partial charge in [-0.1, -0.05) is 12.1 Å². The van der Waals surface area contributed by atoms with Gasteiger partial charge in [-0.25, -0.2) is 36.5 Å². The average Bonchev–Trinajstić information content (AvgIpc) is 3.46. The molecular formula is C22H19F5N6O4S. The molecule has 38 heavy (non-hydrogen) atoms. The van der Waals surface area contributed by atoms with Gasteiger partial charge in [0.15, 0.2) is 21.0 Å². The Labute approximate surface area is 211 Å². The molecule has 0 aliphatic heterocycles. The summed E-state index contributed by atoms with van der Waals surface area (Å²) in [5.41, 5.74) is -3.36. The molecule has 0 N–H and O–H groups in total. The molecule has 1 saturated carbocycles. The zero-order valence-corrected chi connectivity index (χ0v) is 20.9. The van der Waals surface area contributed by atoms with Crippen molar-refractivity contribution in [3.63, 3.8) is 0 Å². The molecule has 1 aliphatic rings. The minimum Gasteiger partial charge on any atom is -0.710 e. The standard InChI is InChI=1S/C22H19F5N6O4S/c1-4-38(35,36)14-7-11(16-30-19(37-31-16)21(5-6-21)22(25,26)27)9-28-15(14)18-32(3)17-13(33(18)34)8-12(10-29-17)20(2,23)24/h7-10H,4-6H2,1-3H3. The first-order valence-electron chi connectivity index (χ1n) is 11.2. The van der Waals surface area contributed by atoms with E-state index in [-0.39, 0.29) is 51.6 Å². The van der Waals surface area contributed by atoms with Crippen molar-refractivity contribution < 1.29 is 39.6 Å². The van der Waals surface area contributed by atoms with Crippen LogP contribution in [0.25, 0.3) is 34.1 Å². The second-order valence-corrected chi connectivity index (χ2v) is 11.4. The molecule has 4 aromatic rings. The van der Waals surface area contributed by atoms with Gasteiger partial charge in [-0.3, -0.25) is 0 Å². The third-order valence-electron chi connectivity index (χ3n) is 6.57. The lowest BCUT2D eigenvalue weighted by atomic mass is 10.1. The second kappa shape index (κ2) is 8.15. The Morgan fingerprint density at radius 3 is 2.42 bits per heavy atom. The SMILES string of the molecule is CCS(=O)(=O)c1cc(-c2noc(C3(C(F)(F)F)CC3)n2)cnc1-c1n(C)c2ncc(C(C)(F)F)cc2[n+]1[O-]. The van der Waals surface area contributed by atoms with Gasteiger partial charge in [0.1, 0.15) is 10.3 Å². The summed E-state index contributed by atoms with van der Waals surface area (Å²) in [5, 5.41) is 16.8. The van der Waals surface area contributed by atoms with Crippen LogP contribution in [0.2, 0.25) is 0 Å². The Bertz CT molecular complexity index is 1690. The number of halogens is 5. The van der Waals surface area contributed by atoms with Gasteiger partial charge >= 0.3 is 12.0 Å². The van der Waals surface area contributed by atoms with Crippen LogP contribution >= 0.6 is 0 Å². The fraction of sp³-hybridized carbons (Fsp3) is 0.409. The number of hydrogen-bond acceptors (Lipinski definition) is 8. The maximum absolute atomic E-state index is 13.8. The molecule has 0 radical (unpaired) electrons. The van der Waals surface area contributed by atoms with Crippen LogP contribution in [0.5, 0.6) is 0 Å². The molecule has 0 bridgehead atoms. The highest BCUT2D eigenvalue weighted by Crippen LogP contribution is 2.58. The van der Waals surface area contributed by atoms with Gasteiger partial charge in [0.05, 0.1) is 12.8 Å². The zero-order chi connectivity index (χ0) is 27.8. The number of pyridine rings is 2. The van der Waals surface area contributed by atoms with Crippen LogP contribution in [0, 0.1) is 5.21 Å². The zero-order valence-electron chi connectivity index (χ0n) is 20.0. The third kappa shape index (κ3) is 3.88. The van der Waals surface area contributed by atoms with Gasteiger partial charge in [0.2, 0.25) is 11.7 Å². The molecule has 10 nitrogen and oxygen atoms in total. The third-order valence-corrected chi connectivity index (χ3v) is 8.31. The van der Waals surface area contributed by atoms with Gasteiger partial charge in [0.25, 0.3) is 11.6 Å². The molecule has 0 saturated heterocycles. The van der Waals surface area contributed by atoms with E-state index in [1.54, 1.807) is 0 Å². The smallest absolute Gasteiger partial charge is 0.403 e. The number of fused-ring (bicyclic) bond motifs is 1. The van der Waals surface area contributed by atoms with E-state index in [2.05, 4.69) is 20.1 Å². The second-order valence-electron chi connectivity index (χ2n) is 9.11. The summed E-state index contributed by atoms with van der Waals surface area (Å²) < 4.78 is 100. The number of hydrogen-bond donors (Lipinski definition) is 0. The summed E-state index contributed by atoms with van der Waals surface area (Å²) in [6.45, 7) is 1.99. The monoisotopic (exact) mass is 558 g/mol. The fourth-order valence-electron chi connectivity index (χ4n) is 4.11. The van der Waals surface area contributed by atoms with Gasteiger partial charge in [-0.2, -0.15) is 18.2 Å². The largest absolute Gasteiger partial charge is 0.710 e. The van der Waals surface area contributed by atoms with Gasteiger partial charge < -0.3 is 9.73 Å². The van der Waals surface area contributed by atoms with Crippen molar-refractivity contribution in [2.75, 3.05) is 5.75 Å². The Kier molecular flexibility index (Phi) is 5.56. The van der Waals surface area contributed by atoms with Crippen molar-refractivity contribution in [3.8, 4) is 22.9 Å². The number of aryl methyl sites for hydroxylation is 1. The quantitative estimate of drug-likeness (QED) is 0.198. The average molecular weight is 558 g/mol. The number of sulfone groups is 1. The van der Waals surface area contributed by atoms with Crippen molar-refractivity contribution in [1.29, 1.82) is 0 Å². The van der Waals surface area contributed by atoms with E-state index >= 15 is 0 Å². The minimum atomic E-state index is -4.60. The summed E-state index contributed by atoms with van der Waals surface area (Å²) in [7, 11) is -2.69. The minimum absolute atomic E-state index is 0.00147. The summed E-state index contributed by atoms with van der Waals surface area (Å²) in [6, 6.07) is 2.04. The van der Waals surface area contributed by atoms with Gasteiger partial charge in [-0.15, -0.1) is 0 Å². The molecule has 4 heterocycles. The molecule has 202 valence electrons. The van der Waals surface area contributed by atoms with Crippen LogP contribution in [-0.4, -0.2) is 45.0 Å². The first-order valence-corrected chi connectivity index (χ1v) is 12.9. The lowest BCUT2D eigenvalue weighted by molar-refractivity contribution is -0.565. The van der Waals surface area contributed by atoms with E-state index in [0.717, 1.165) is 24.5 Å². The van der Waals surface area contributed by atoms with Crippen LogP contribution < -0.4 is 4.73 Å². The summed E-state index contributed by atoms with van der Waals surface area (Å²) >= 11 is 0. The molecular weight excluding hydrogens is 539 g/mol. The van der Waals surface area contributed by atoms with E-state index in [1.165, 1.54) is 18.5 Å². The Balaban J connectivity index is 1.67. The highest BCUT2D eigenvalue weighted by atomic mass is 32.2. The van der Waals surface area contributed by atoms with E-state index in [1.807, 2.05) is 0 Å². The number of rotatable bonds is 6. The summed E-state index contributed by atoms with van der Waals surface area (Å²) in [5.74, 6) is -4.94. The normalized spacial score (nSPS) is 15.8. The first kappa shape index (κ1) is 25.9. The van der Waals surface area contributed by atoms with E-state index in [9.17, 15) is 35.6 Å².